The van der Waals surface area contributed by atoms with Crippen LogP contribution < -0.4 is 15.8 Å². The van der Waals surface area contributed by atoms with Crippen LogP contribution in [0.3, 0.4) is 0 Å². The first-order valence-electron chi connectivity index (χ1n) is 6.93. The third-order valence-corrected chi connectivity index (χ3v) is 3.31. The molecule has 0 radical (unpaired) electrons. The molecule has 0 unspecified atom stereocenters. The van der Waals surface area contributed by atoms with E-state index in [-0.39, 0.29) is 5.91 Å². The van der Waals surface area contributed by atoms with Crippen molar-refractivity contribution in [3.8, 4) is 5.75 Å². The lowest BCUT2D eigenvalue weighted by atomic mass is 10.1. The highest BCUT2D eigenvalue weighted by atomic mass is 16.5. The lowest BCUT2D eigenvalue weighted by Crippen LogP contribution is -2.14. The van der Waals surface area contributed by atoms with Crippen molar-refractivity contribution in [3.63, 3.8) is 0 Å². The summed E-state index contributed by atoms with van der Waals surface area (Å²) in [6.07, 6.45) is 1.13. The average molecular weight is 284 g/mol. The minimum absolute atomic E-state index is 0.00767. The van der Waals surface area contributed by atoms with Crippen LogP contribution in [0, 0.1) is 0 Å². The highest BCUT2D eigenvalue weighted by Crippen LogP contribution is 2.16. The summed E-state index contributed by atoms with van der Waals surface area (Å²) in [6, 6.07) is 15.3. The Morgan fingerprint density at radius 3 is 2.52 bits per heavy atom. The molecule has 0 saturated carbocycles. The van der Waals surface area contributed by atoms with E-state index in [1.165, 1.54) is 0 Å². The van der Waals surface area contributed by atoms with Crippen molar-refractivity contribution < 1.29 is 9.53 Å². The van der Waals surface area contributed by atoms with E-state index in [2.05, 4.69) is 5.32 Å². The molecule has 3 N–H and O–H groups in total. The molecule has 0 fully saturated rings. The molecule has 0 aliphatic carbocycles. The van der Waals surface area contributed by atoms with Gasteiger partial charge in [-0.15, -0.1) is 0 Å². The number of ether oxygens (including phenoxy) is 1. The molecule has 2 aromatic rings. The summed E-state index contributed by atoms with van der Waals surface area (Å²) in [5.74, 6) is 0.812. The quantitative estimate of drug-likeness (QED) is 0.857. The van der Waals surface area contributed by atoms with E-state index >= 15 is 0 Å². The van der Waals surface area contributed by atoms with Crippen molar-refractivity contribution in [2.24, 2.45) is 5.73 Å². The molecule has 0 aromatic heterocycles. The molecular formula is C17H20N2O2. The molecule has 0 saturated heterocycles. The van der Waals surface area contributed by atoms with Gasteiger partial charge in [-0.3, -0.25) is 4.79 Å². The molecule has 2 rings (SSSR count). The zero-order valence-corrected chi connectivity index (χ0v) is 12.1. The number of nitrogens with two attached hydrogens (primary N) is 1. The molecule has 4 heteroatoms. The Morgan fingerprint density at radius 1 is 1.14 bits per heavy atom. The smallest absolute Gasteiger partial charge is 0.224 e. The van der Waals surface area contributed by atoms with Crippen LogP contribution in [-0.2, 0) is 17.8 Å². The number of rotatable bonds is 6. The molecule has 0 heterocycles. The summed E-state index contributed by atoms with van der Waals surface area (Å²) in [5.41, 5.74) is 8.50. The Bertz CT molecular complexity index is 594. The number of para-hydroxylation sites is 1. The highest BCUT2D eigenvalue weighted by molar-refractivity contribution is 5.91. The van der Waals surface area contributed by atoms with Crippen molar-refractivity contribution in [1.82, 2.24) is 0 Å². The van der Waals surface area contributed by atoms with Gasteiger partial charge in [0.05, 0.1) is 7.11 Å². The molecular weight excluding hydrogens is 264 g/mol. The van der Waals surface area contributed by atoms with Gasteiger partial charge in [-0.1, -0.05) is 30.3 Å². The fourth-order valence-corrected chi connectivity index (χ4v) is 2.08. The number of carbonyl (C=O) groups is 1. The second-order valence-electron chi connectivity index (χ2n) is 4.76. The number of hydrogen-bond acceptors (Lipinski definition) is 3. The van der Waals surface area contributed by atoms with Crippen LogP contribution in [-0.4, -0.2) is 13.0 Å². The number of aryl methyl sites for hydroxylation is 1. The van der Waals surface area contributed by atoms with Crippen molar-refractivity contribution in [2.75, 3.05) is 12.4 Å². The summed E-state index contributed by atoms with van der Waals surface area (Å²) in [6.45, 7) is 0.412. The maximum Gasteiger partial charge on any atom is 0.224 e. The minimum atomic E-state index is -0.00767. The Morgan fingerprint density at radius 2 is 1.86 bits per heavy atom. The van der Waals surface area contributed by atoms with Gasteiger partial charge in [0, 0.05) is 18.7 Å². The summed E-state index contributed by atoms with van der Waals surface area (Å²) in [7, 11) is 1.64. The maximum atomic E-state index is 12.0. The average Bonchev–Trinajstić information content (AvgIpc) is 2.54. The molecule has 0 atom stereocenters. The van der Waals surface area contributed by atoms with Gasteiger partial charge in [0.15, 0.2) is 0 Å². The summed E-state index contributed by atoms with van der Waals surface area (Å²) in [4.78, 5) is 12.0. The van der Waals surface area contributed by atoms with E-state index in [0.717, 1.165) is 22.6 Å². The lowest BCUT2D eigenvalue weighted by Gasteiger charge is -2.09. The predicted molar refractivity (Wildman–Crippen MR) is 84.3 cm³/mol. The third-order valence-electron chi connectivity index (χ3n) is 3.31. The normalized spacial score (nSPS) is 10.2. The highest BCUT2D eigenvalue weighted by Gasteiger charge is 2.06. The van der Waals surface area contributed by atoms with Gasteiger partial charge in [-0.2, -0.15) is 0 Å². The van der Waals surface area contributed by atoms with E-state index in [1.54, 1.807) is 7.11 Å². The Kier molecular flexibility index (Phi) is 5.35. The van der Waals surface area contributed by atoms with Crippen LogP contribution in [0.2, 0.25) is 0 Å². The molecule has 0 aliphatic rings. The minimum Gasteiger partial charge on any atom is -0.497 e. The van der Waals surface area contributed by atoms with Crippen LogP contribution >= 0.6 is 0 Å². The molecule has 0 spiro atoms. The zero-order chi connectivity index (χ0) is 15.1. The van der Waals surface area contributed by atoms with E-state index in [4.69, 9.17) is 10.5 Å². The number of anilines is 1. The summed E-state index contributed by atoms with van der Waals surface area (Å²) in [5, 5.41) is 2.91. The van der Waals surface area contributed by atoms with Gasteiger partial charge < -0.3 is 15.8 Å². The van der Waals surface area contributed by atoms with Crippen molar-refractivity contribution in [1.29, 1.82) is 0 Å². The lowest BCUT2D eigenvalue weighted by molar-refractivity contribution is -0.116. The van der Waals surface area contributed by atoms with Gasteiger partial charge in [-0.25, -0.2) is 0 Å². The van der Waals surface area contributed by atoms with Crippen LogP contribution in [0.1, 0.15) is 17.5 Å². The predicted octanol–water partition coefficient (Wildman–Crippen LogP) is 2.73. The Hall–Kier alpha value is -2.33. The zero-order valence-electron chi connectivity index (χ0n) is 12.1. The molecule has 110 valence electrons. The first-order valence-corrected chi connectivity index (χ1v) is 6.93. The van der Waals surface area contributed by atoms with E-state index in [9.17, 15) is 4.79 Å². The number of methoxy groups -OCH3 is 1. The first-order chi connectivity index (χ1) is 10.2. The number of carbonyl (C=O) groups excluding carboxylic acids is 1. The Balaban J connectivity index is 1.89. The molecule has 2 aromatic carbocycles. The van der Waals surface area contributed by atoms with Crippen LogP contribution in [0.25, 0.3) is 0 Å². The SMILES string of the molecule is COc1ccc(CCC(=O)Nc2ccccc2CN)cc1. The largest absolute Gasteiger partial charge is 0.497 e. The molecule has 4 nitrogen and oxygen atoms in total. The first kappa shape index (κ1) is 15.1. The summed E-state index contributed by atoms with van der Waals surface area (Å²) < 4.78 is 5.11. The number of hydrogen-bond donors (Lipinski definition) is 2. The van der Waals surface area contributed by atoms with Gasteiger partial charge in [0.25, 0.3) is 0 Å². The Labute approximate surface area is 124 Å². The standard InChI is InChI=1S/C17H20N2O2/c1-21-15-9-6-13(7-10-15)8-11-17(20)19-16-5-3-2-4-14(16)12-18/h2-7,9-10H,8,11-12,18H2,1H3,(H,19,20). The summed E-state index contributed by atoms with van der Waals surface area (Å²) >= 11 is 0. The molecule has 0 bridgehead atoms. The fraction of sp³-hybridized carbons (Fsp3) is 0.235. The monoisotopic (exact) mass is 284 g/mol. The number of benzene rings is 2. The van der Waals surface area contributed by atoms with Crippen molar-refractivity contribution >= 4 is 11.6 Å². The second-order valence-corrected chi connectivity index (χ2v) is 4.76. The fourth-order valence-electron chi connectivity index (χ4n) is 2.08. The van der Waals surface area contributed by atoms with E-state index in [1.807, 2.05) is 48.5 Å². The van der Waals surface area contributed by atoms with E-state index < -0.39 is 0 Å². The van der Waals surface area contributed by atoms with Gasteiger partial charge in [0.1, 0.15) is 5.75 Å². The van der Waals surface area contributed by atoms with Crippen molar-refractivity contribution in [2.45, 2.75) is 19.4 Å². The molecule has 0 aliphatic heterocycles. The maximum absolute atomic E-state index is 12.0. The van der Waals surface area contributed by atoms with Crippen LogP contribution in [0.4, 0.5) is 5.69 Å². The van der Waals surface area contributed by atoms with Crippen LogP contribution in [0.15, 0.2) is 48.5 Å². The van der Waals surface area contributed by atoms with Gasteiger partial charge >= 0.3 is 0 Å². The number of amides is 1. The van der Waals surface area contributed by atoms with E-state index in [0.29, 0.717) is 19.4 Å². The second kappa shape index (κ2) is 7.45. The van der Waals surface area contributed by atoms with Crippen molar-refractivity contribution in [3.05, 3.63) is 59.7 Å². The molecule has 21 heavy (non-hydrogen) atoms. The van der Waals surface area contributed by atoms with Crippen LogP contribution in [0.5, 0.6) is 5.75 Å². The third kappa shape index (κ3) is 4.33. The van der Waals surface area contributed by atoms with Gasteiger partial charge in [-0.05, 0) is 35.7 Å². The topological polar surface area (TPSA) is 64.3 Å². The van der Waals surface area contributed by atoms with Gasteiger partial charge in [0.2, 0.25) is 5.91 Å². The number of nitrogens with one attached hydrogen (secondary N) is 1. The molecule has 1 amide bonds.